The highest BCUT2D eigenvalue weighted by Gasteiger charge is 2.17. The number of nitrogens with one attached hydrogen (secondary N) is 1. The van der Waals surface area contributed by atoms with Crippen LogP contribution in [0.3, 0.4) is 0 Å². The van der Waals surface area contributed by atoms with Crippen molar-refractivity contribution in [3.63, 3.8) is 0 Å². The van der Waals surface area contributed by atoms with Gasteiger partial charge in [-0.05, 0) is 30.3 Å². The molecule has 2 aromatic heterocycles. The third-order valence-electron chi connectivity index (χ3n) is 4.36. The standard InChI is InChI=1S/C23H20N4O3S/c1-27(2)23-26-20(15-6-4-3-5-7-15)22(31-23)30-18-12-13-24-19(14-18)25-17-10-8-16(9-11-17)21(28)29/h3-14H,1-2H3,(H,24,25)(H,28,29). The third-order valence-corrected chi connectivity index (χ3v) is 5.46. The second-order valence-electron chi connectivity index (χ2n) is 6.88. The van der Waals surface area contributed by atoms with Crippen molar-refractivity contribution in [2.45, 2.75) is 0 Å². The van der Waals surface area contributed by atoms with Gasteiger partial charge in [0.05, 0.1) is 5.56 Å². The maximum absolute atomic E-state index is 11.0. The molecule has 0 unspecified atom stereocenters. The second-order valence-corrected chi connectivity index (χ2v) is 7.82. The van der Waals surface area contributed by atoms with E-state index in [0.29, 0.717) is 16.6 Å². The van der Waals surface area contributed by atoms with Crippen LogP contribution in [0, 0.1) is 0 Å². The Labute approximate surface area is 183 Å². The van der Waals surface area contributed by atoms with Crippen LogP contribution in [0.5, 0.6) is 10.8 Å². The van der Waals surface area contributed by atoms with Crippen molar-refractivity contribution < 1.29 is 14.6 Å². The Morgan fingerprint density at radius 1 is 1.06 bits per heavy atom. The number of nitrogens with zero attached hydrogens (tertiary/aromatic N) is 3. The molecular weight excluding hydrogens is 412 g/mol. The van der Waals surface area contributed by atoms with E-state index in [9.17, 15) is 4.79 Å². The number of ether oxygens (including phenoxy) is 1. The van der Waals surface area contributed by atoms with Crippen LogP contribution in [0.25, 0.3) is 11.3 Å². The average molecular weight is 433 g/mol. The molecule has 4 rings (SSSR count). The Hall–Kier alpha value is -3.91. The zero-order chi connectivity index (χ0) is 21.8. The maximum Gasteiger partial charge on any atom is 0.335 e. The molecule has 0 saturated carbocycles. The molecule has 2 N–H and O–H groups in total. The summed E-state index contributed by atoms with van der Waals surface area (Å²) in [7, 11) is 3.89. The van der Waals surface area contributed by atoms with E-state index < -0.39 is 5.97 Å². The first-order chi connectivity index (χ1) is 15.0. The van der Waals surface area contributed by atoms with E-state index in [1.165, 1.54) is 23.5 Å². The summed E-state index contributed by atoms with van der Waals surface area (Å²) in [6.07, 6.45) is 1.65. The van der Waals surface area contributed by atoms with Gasteiger partial charge in [0, 0.05) is 37.6 Å². The summed E-state index contributed by atoms with van der Waals surface area (Å²) in [4.78, 5) is 22.0. The lowest BCUT2D eigenvalue weighted by atomic mass is 10.2. The van der Waals surface area contributed by atoms with Gasteiger partial charge in [0.15, 0.2) is 5.13 Å². The number of hydrogen-bond acceptors (Lipinski definition) is 7. The van der Waals surface area contributed by atoms with Gasteiger partial charge in [0.1, 0.15) is 17.3 Å². The number of hydrogen-bond donors (Lipinski definition) is 2. The summed E-state index contributed by atoms with van der Waals surface area (Å²) in [5, 5.41) is 13.7. The van der Waals surface area contributed by atoms with Gasteiger partial charge in [-0.15, -0.1) is 0 Å². The third kappa shape index (κ3) is 4.81. The number of pyridine rings is 1. The number of aromatic nitrogens is 2. The van der Waals surface area contributed by atoms with E-state index in [-0.39, 0.29) is 5.56 Å². The van der Waals surface area contributed by atoms with Gasteiger partial charge < -0.3 is 20.1 Å². The van der Waals surface area contributed by atoms with E-state index in [1.807, 2.05) is 49.3 Å². The van der Waals surface area contributed by atoms with E-state index >= 15 is 0 Å². The lowest BCUT2D eigenvalue weighted by molar-refractivity contribution is 0.0697. The minimum absolute atomic E-state index is 0.228. The summed E-state index contributed by atoms with van der Waals surface area (Å²) in [5.41, 5.74) is 2.72. The molecule has 4 aromatic rings. The number of carbonyl (C=O) groups is 1. The topological polar surface area (TPSA) is 87.6 Å². The molecule has 8 heteroatoms. The molecule has 0 spiro atoms. The van der Waals surface area contributed by atoms with Crippen LogP contribution in [-0.4, -0.2) is 35.1 Å². The van der Waals surface area contributed by atoms with Crippen LogP contribution in [0.4, 0.5) is 16.6 Å². The highest BCUT2D eigenvalue weighted by Crippen LogP contribution is 2.41. The first-order valence-corrected chi connectivity index (χ1v) is 10.3. The number of thiazole rings is 1. The summed E-state index contributed by atoms with van der Waals surface area (Å²) in [5.74, 6) is 0.237. The van der Waals surface area contributed by atoms with Gasteiger partial charge in [-0.3, -0.25) is 0 Å². The monoisotopic (exact) mass is 432 g/mol. The minimum atomic E-state index is -0.962. The van der Waals surface area contributed by atoms with Crippen molar-refractivity contribution in [3.05, 3.63) is 78.5 Å². The van der Waals surface area contributed by atoms with Gasteiger partial charge in [-0.25, -0.2) is 14.8 Å². The number of aromatic carboxylic acids is 1. The largest absolute Gasteiger partial charge is 0.478 e. The number of anilines is 3. The fourth-order valence-electron chi connectivity index (χ4n) is 2.83. The molecular formula is C23H20N4O3S. The van der Waals surface area contributed by atoms with Gasteiger partial charge in [-0.1, -0.05) is 41.7 Å². The molecule has 0 atom stereocenters. The Balaban J connectivity index is 1.58. The van der Waals surface area contributed by atoms with E-state index in [2.05, 4.69) is 10.3 Å². The van der Waals surface area contributed by atoms with Crippen LogP contribution < -0.4 is 15.0 Å². The number of benzene rings is 2. The lowest BCUT2D eigenvalue weighted by Crippen LogP contribution is -2.07. The van der Waals surface area contributed by atoms with Gasteiger partial charge >= 0.3 is 5.97 Å². The summed E-state index contributed by atoms with van der Waals surface area (Å²) < 4.78 is 6.20. The van der Waals surface area contributed by atoms with Crippen molar-refractivity contribution in [3.8, 4) is 22.1 Å². The van der Waals surface area contributed by atoms with E-state index in [0.717, 1.165) is 22.1 Å². The molecule has 0 amide bonds. The Morgan fingerprint density at radius 3 is 2.48 bits per heavy atom. The molecule has 0 fully saturated rings. The average Bonchev–Trinajstić information content (AvgIpc) is 3.19. The molecule has 156 valence electrons. The molecule has 0 saturated heterocycles. The van der Waals surface area contributed by atoms with Crippen molar-refractivity contribution in [2.24, 2.45) is 0 Å². The molecule has 0 radical (unpaired) electrons. The summed E-state index contributed by atoms with van der Waals surface area (Å²) >= 11 is 1.47. The maximum atomic E-state index is 11.0. The lowest BCUT2D eigenvalue weighted by Gasteiger charge is -2.09. The fourth-order valence-corrected chi connectivity index (χ4v) is 3.71. The quantitative estimate of drug-likeness (QED) is 0.398. The molecule has 0 aliphatic carbocycles. The van der Waals surface area contributed by atoms with Crippen molar-refractivity contribution in [1.82, 2.24) is 9.97 Å². The predicted molar refractivity (Wildman–Crippen MR) is 123 cm³/mol. The zero-order valence-corrected chi connectivity index (χ0v) is 17.8. The first kappa shape index (κ1) is 20.4. The van der Waals surface area contributed by atoms with E-state index in [1.54, 1.807) is 30.5 Å². The van der Waals surface area contributed by atoms with Gasteiger partial charge in [0.2, 0.25) is 5.06 Å². The Morgan fingerprint density at radius 2 is 1.81 bits per heavy atom. The number of carboxylic acid groups (broad SMARTS) is 1. The molecule has 0 aliphatic rings. The predicted octanol–water partition coefficient (Wildman–Crippen LogP) is 5.51. The summed E-state index contributed by atoms with van der Waals surface area (Å²) in [6, 6.07) is 19.9. The molecule has 2 aromatic carbocycles. The fraction of sp³-hybridized carbons (Fsp3) is 0.0870. The minimum Gasteiger partial charge on any atom is -0.478 e. The van der Waals surface area contributed by atoms with Crippen LogP contribution in [-0.2, 0) is 0 Å². The smallest absolute Gasteiger partial charge is 0.335 e. The van der Waals surface area contributed by atoms with Crippen LogP contribution in [0.1, 0.15) is 10.4 Å². The van der Waals surface area contributed by atoms with Crippen molar-refractivity contribution >= 4 is 33.9 Å². The van der Waals surface area contributed by atoms with Crippen LogP contribution in [0.15, 0.2) is 72.9 Å². The second kappa shape index (κ2) is 8.85. The molecule has 2 heterocycles. The van der Waals surface area contributed by atoms with Crippen molar-refractivity contribution in [1.29, 1.82) is 0 Å². The SMILES string of the molecule is CN(C)c1nc(-c2ccccc2)c(Oc2ccnc(Nc3ccc(C(=O)O)cc3)c2)s1. The van der Waals surface area contributed by atoms with Gasteiger partial charge in [0.25, 0.3) is 0 Å². The molecule has 0 bridgehead atoms. The molecule has 31 heavy (non-hydrogen) atoms. The highest BCUT2D eigenvalue weighted by molar-refractivity contribution is 7.17. The Bertz CT molecular complexity index is 1190. The van der Waals surface area contributed by atoms with Crippen LogP contribution >= 0.6 is 11.3 Å². The van der Waals surface area contributed by atoms with Crippen molar-refractivity contribution in [2.75, 3.05) is 24.3 Å². The normalized spacial score (nSPS) is 10.5. The Kier molecular flexibility index (Phi) is 5.81. The number of rotatable bonds is 7. The van der Waals surface area contributed by atoms with Gasteiger partial charge in [-0.2, -0.15) is 0 Å². The highest BCUT2D eigenvalue weighted by atomic mass is 32.1. The molecule has 0 aliphatic heterocycles. The number of carboxylic acids is 1. The van der Waals surface area contributed by atoms with E-state index in [4.69, 9.17) is 14.8 Å². The molecule has 7 nitrogen and oxygen atoms in total. The zero-order valence-electron chi connectivity index (χ0n) is 16.9. The first-order valence-electron chi connectivity index (χ1n) is 9.47. The van der Waals surface area contributed by atoms with Crippen LogP contribution in [0.2, 0.25) is 0 Å². The summed E-state index contributed by atoms with van der Waals surface area (Å²) in [6.45, 7) is 0.